The maximum atomic E-state index is 12.8. The third-order valence-electron chi connectivity index (χ3n) is 3.43. The zero-order valence-electron chi connectivity index (χ0n) is 13.7. The van der Waals surface area contributed by atoms with Crippen LogP contribution < -0.4 is 4.91 Å². The number of hydrogen-bond acceptors (Lipinski definition) is 5. The fourth-order valence-corrected chi connectivity index (χ4v) is 2.94. The van der Waals surface area contributed by atoms with Crippen molar-refractivity contribution in [2.45, 2.75) is 6.18 Å². The number of thiazole rings is 1. The van der Waals surface area contributed by atoms with Gasteiger partial charge in [0.05, 0.1) is 16.8 Å². The topological polar surface area (TPSA) is 89.0 Å². The highest BCUT2D eigenvalue weighted by molar-refractivity contribution is 7.13. The van der Waals surface area contributed by atoms with Gasteiger partial charge in [0.2, 0.25) is 10.0 Å². The zero-order valence-corrected chi connectivity index (χ0v) is 15.3. The number of amides is 1. The van der Waals surface area contributed by atoms with Crippen LogP contribution in [0.15, 0.2) is 58.1 Å². The van der Waals surface area contributed by atoms with Crippen molar-refractivity contribution in [3.63, 3.8) is 0 Å². The van der Waals surface area contributed by atoms with Crippen molar-refractivity contribution in [2.75, 3.05) is 0 Å². The van der Waals surface area contributed by atoms with E-state index in [-0.39, 0.29) is 32.7 Å². The molecule has 0 saturated heterocycles. The molecule has 28 heavy (non-hydrogen) atoms. The van der Waals surface area contributed by atoms with Crippen LogP contribution in [0.5, 0.6) is 5.75 Å². The van der Waals surface area contributed by atoms with Crippen molar-refractivity contribution in [1.29, 1.82) is 0 Å². The monoisotopic (exact) mass is 425 g/mol. The van der Waals surface area contributed by atoms with Gasteiger partial charge in [-0.1, -0.05) is 35.1 Å². The SMILES string of the molecule is O=C(N=[N+]=Nc1nc(-c2cccc(C(F)(F)F)c2)cs1)c1cc(Cl)ccc1O. The number of halogens is 4. The Balaban J connectivity index is 1.80. The predicted molar refractivity (Wildman–Crippen MR) is 96.6 cm³/mol. The van der Waals surface area contributed by atoms with Crippen LogP contribution in [0.4, 0.5) is 18.3 Å². The predicted octanol–water partition coefficient (Wildman–Crippen LogP) is 5.63. The van der Waals surface area contributed by atoms with Crippen LogP contribution >= 0.6 is 22.9 Å². The normalized spacial score (nSPS) is 11.0. The summed E-state index contributed by atoms with van der Waals surface area (Å²) in [6.45, 7) is 0. The number of aromatic nitrogens is 1. The molecule has 0 bridgehead atoms. The lowest BCUT2D eigenvalue weighted by molar-refractivity contribution is -0.137. The highest BCUT2D eigenvalue weighted by Gasteiger charge is 2.30. The van der Waals surface area contributed by atoms with Gasteiger partial charge in [0.25, 0.3) is 5.13 Å². The molecule has 1 heterocycles. The summed E-state index contributed by atoms with van der Waals surface area (Å²) in [6, 6.07) is 8.58. The van der Waals surface area contributed by atoms with Crippen molar-refractivity contribution >= 4 is 34.0 Å². The lowest BCUT2D eigenvalue weighted by Gasteiger charge is -2.07. The fourth-order valence-electron chi connectivity index (χ4n) is 2.13. The molecule has 11 heteroatoms. The second-order valence-electron chi connectivity index (χ2n) is 5.35. The molecule has 0 aliphatic heterocycles. The van der Waals surface area contributed by atoms with E-state index in [2.05, 4.69) is 20.1 Å². The lowest BCUT2D eigenvalue weighted by atomic mass is 10.1. The van der Waals surface area contributed by atoms with Gasteiger partial charge in [-0.2, -0.15) is 13.2 Å². The van der Waals surface area contributed by atoms with Gasteiger partial charge in [0.15, 0.2) is 5.11 Å². The Labute approximate surface area is 164 Å². The molecule has 1 aromatic heterocycles. The smallest absolute Gasteiger partial charge is 0.416 e. The second-order valence-corrected chi connectivity index (χ2v) is 6.62. The molecule has 0 atom stereocenters. The standard InChI is InChI=1S/C17H8ClF3N4O2S/c18-11-4-5-14(26)12(7-11)15(27)23-25-24-16-22-13(8-28-16)9-2-1-3-10(6-9)17(19,20)21/h1-8H/p+1. The average molecular weight is 426 g/mol. The summed E-state index contributed by atoms with van der Waals surface area (Å²) in [4.78, 5) is 19.3. The Hall–Kier alpha value is -3.07. The van der Waals surface area contributed by atoms with Crippen molar-refractivity contribution < 1.29 is 23.1 Å². The minimum atomic E-state index is -4.46. The van der Waals surface area contributed by atoms with E-state index in [0.29, 0.717) is 0 Å². The van der Waals surface area contributed by atoms with Crippen LogP contribution in [0, 0.1) is 0 Å². The number of phenolic OH excluding ortho intramolecular Hbond substituents is 1. The molecule has 1 N–H and O–H groups in total. The van der Waals surface area contributed by atoms with E-state index >= 15 is 0 Å². The van der Waals surface area contributed by atoms with Crippen LogP contribution in [0.25, 0.3) is 11.3 Å². The van der Waals surface area contributed by atoms with Gasteiger partial charge in [0.1, 0.15) is 5.75 Å². The fraction of sp³-hybridized carbons (Fsp3) is 0.0588. The summed E-state index contributed by atoms with van der Waals surface area (Å²) < 4.78 is 38.4. The summed E-state index contributed by atoms with van der Waals surface area (Å²) in [5.41, 5.74) is -0.383. The van der Waals surface area contributed by atoms with Crippen LogP contribution in [0.2, 0.25) is 5.02 Å². The quantitative estimate of drug-likeness (QED) is 0.435. The molecule has 2 aromatic carbocycles. The average Bonchev–Trinajstić information content (AvgIpc) is 3.12. The Morgan fingerprint density at radius 3 is 2.75 bits per heavy atom. The number of carbonyl (C=O) groups is 1. The van der Waals surface area contributed by atoms with Crippen molar-refractivity contribution in [3.05, 3.63) is 64.0 Å². The van der Waals surface area contributed by atoms with Gasteiger partial charge >= 0.3 is 12.1 Å². The van der Waals surface area contributed by atoms with Crippen LogP contribution in [0.1, 0.15) is 15.9 Å². The summed E-state index contributed by atoms with van der Waals surface area (Å²) in [6.07, 6.45) is -4.46. The number of aromatic hydroxyl groups is 1. The molecule has 0 saturated carbocycles. The zero-order chi connectivity index (χ0) is 20.3. The van der Waals surface area contributed by atoms with E-state index < -0.39 is 17.6 Å². The number of alkyl halides is 3. The number of carbonyl (C=O) groups excluding carboxylic acids is 1. The van der Waals surface area contributed by atoms with Gasteiger partial charge < -0.3 is 5.11 Å². The molecule has 3 rings (SSSR count). The van der Waals surface area contributed by atoms with E-state index in [1.165, 1.54) is 35.7 Å². The summed E-state index contributed by atoms with van der Waals surface area (Å²) >= 11 is 6.77. The molecule has 3 aromatic rings. The molecule has 142 valence electrons. The largest absolute Gasteiger partial charge is 0.507 e. The molecule has 6 nitrogen and oxygen atoms in total. The first-order valence-electron chi connectivity index (χ1n) is 7.52. The summed E-state index contributed by atoms with van der Waals surface area (Å²) in [5, 5.41) is 18.5. The van der Waals surface area contributed by atoms with E-state index in [1.54, 1.807) is 0 Å². The minimum Gasteiger partial charge on any atom is -0.507 e. The van der Waals surface area contributed by atoms with Gasteiger partial charge in [0, 0.05) is 16.0 Å². The van der Waals surface area contributed by atoms with E-state index in [4.69, 9.17) is 11.6 Å². The van der Waals surface area contributed by atoms with E-state index in [1.807, 2.05) is 0 Å². The summed E-state index contributed by atoms with van der Waals surface area (Å²) in [7, 11) is 0. The Kier molecular flexibility index (Phi) is 5.55. The summed E-state index contributed by atoms with van der Waals surface area (Å²) in [5.74, 6) is -1.17. The van der Waals surface area contributed by atoms with Gasteiger partial charge in [-0.3, -0.25) is 4.79 Å². The molecule has 0 fully saturated rings. The highest BCUT2D eigenvalue weighted by atomic mass is 35.5. The first-order chi connectivity index (χ1) is 13.2. The van der Waals surface area contributed by atoms with E-state index in [9.17, 15) is 23.1 Å². The van der Waals surface area contributed by atoms with Gasteiger partial charge in [-0.05, 0) is 30.3 Å². The Morgan fingerprint density at radius 2 is 2.00 bits per heavy atom. The molecular formula is C17H9ClF3N4O2S+. The third-order valence-corrected chi connectivity index (χ3v) is 4.39. The molecular weight excluding hydrogens is 417 g/mol. The lowest BCUT2D eigenvalue weighted by Crippen LogP contribution is -2.04. The van der Waals surface area contributed by atoms with Crippen LogP contribution in [-0.4, -0.2) is 16.0 Å². The minimum absolute atomic E-state index is 0.0966. The number of rotatable bonds is 3. The molecule has 0 aliphatic rings. The van der Waals surface area contributed by atoms with Gasteiger partial charge in [-0.25, -0.2) is 4.98 Å². The number of nitrogens with zero attached hydrogens (tertiary/aromatic N) is 4. The molecule has 0 spiro atoms. The van der Waals surface area contributed by atoms with Crippen molar-refractivity contribution in [2.24, 2.45) is 10.2 Å². The van der Waals surface area contributed by atoms with Crippen molar-refractivity contribution in [3.8, 4) is 17.0 Å². The Bertz CT molecular complexity index is 1110. The number of hydrogen-bond donors (Lipinski definition) is 1. The maximum absolute atomic E-state index is 12.8. The molecule has 0 unspecified atom stereocenters. The first-order valence-corrected chi connectivity index (χ1v) is 8.77. The molecule has 0 radical (unpaired) electrons. The molecule has 0 aliphatic carbocycles. The third kappa shape index (κ3) is 4.61. The molecule has 1 amide bonds. The Morgan fingerprint density at radius 1 is 1.21 bits per heavy atom. The maximum Gasteiger partial charge on any atom is 0.416 e. The first kappa shape index (κ1) is 19.7. The number of phenols is 1. The van der Waals surface area contributed by atoms with Crippen molar-refractivity contribution in [1.82, 2.24) is 9.90 Å². The van der Waals surface area contributed by atoms with Gasteiger partial charge in [-0.15, -0.1) is 0 Å². The second kappa shape index (κ2) is 7.89. The highest BCUT2D eigenvalue weighted by Crippen LogP contribution is 2.33. The van der Waals surface area contributed by atoms with Crippen LogP contribution in [0.3, 0.4) is 0 Å². The van der Waals surface area contributed by atoms with E-state index in [0.717, 1.165) is 23.5 Å². The van der Waals surface area contributed by atoms with Crippen LogP contribution in [-0.2, 0) is 6.18 Å². The number of benzene rings is 2.